The summed E-state index contributed by atoms with van der Waals surface area (Å²) in [4.78, 5) is 11.8. The van der Waals surface area contributed by atoms with E-state index >= 15 is 0 Å². The quantitative estimate of drug-likeness (QED) is 0.860. The minimum absolute atomic E-state index is 0.298. The molecule has 0 fully saturated rings. The monoisotopic (exact) mass is 257 g/mol. The average Bonchev–Trinajstić information content (AvgIpc) is 2.44. The predicted octanol–water partition coefficient (Wildman–Crippen LogP) is 3.04. The fourth-order valence-corrected chi connectivity index (χ4v) is 2.21. The summed E-state index contributed by atoms with van der Waals surface area (Å²) >= 11 is 0. The summed E-state index contributed by atoms with van der Waals surface area (Å²) in [6, 6.07) is 13.7. The molecule has 19 heavy (non-hydrogen) atoms. The van der Waals surface area contributed by atoms with Crippen LogP contribution in [-0.4, -0.2) is 13.1 Å². The molecule has 2 aromatic rings. The highest BCUT2D eigenvalue weighted by Gasteiger charge is 2.36. The molecular weight excluding hydrogens is 238 g/mol. The third-order valence-corrected chi connectivity index (χ3v) is 3.62. The van der Waals surface area contributed by atoms with E-state index in [1.165, 1.54) is 7.11 Å². The molecule has 0 radical (unpaired) electrons. The number of fused-ring (bicyclic) bond motifs is 1. The number of ether oxygens (including phenoxy) is 1. The zero-order chi connectivity index (χ0) is 14.0. The van der Waals surface area contributed by atoms with E-state index in [-0.39, 0.29) is 5.97 Å². The van der Waals surface area contributed by atoms with Gasteiger partial charge in [0.25, 0.3) is 0 Å². The Labute approximate surface area is 113 Å². The van der Waals surface area contributed by atoms with Crippen LogP contribution in [0.3, 0.4) is 0 Å². The maximum Gasteiger partial charge on any atom is 0.313 e. The highest BCUT2D eigenvalue weighted by Crippen LogP contribution is 2.33. The van der Waals surface area contributed by atoms with E-state index < -0.39 is 11.5 Å². The van der Waals surface area contributed by atoms with E-state index in [0.717, 1.165) is 16.3 Å². The SMILES string of the molecule is COC(=O)C(C)(C)[C@H](N)c1ccc2ccccc2c1. The molecule has 0 saturated heterocycles. The van der Waals surface area contributed by atoms with Crippen LogP contribution in [0.4, 0.5) is 0 Å². The molecule has 2 N–H and O–H groups in total. The minimum atomic E-state index is -0.753. The van der Waals surface area contributed by atoms with Gasteiger partial charge in [-0.1, -0.05) is 36.4 Å². The predicted molar refractivity (Wildman–Crippen MR) is 76.7 cm³/mol. The van der Waals surface area contributed by atoms with Gasteiger partial charge in [0.1, 0.15) is 0 Å². The van der Waals surface area contributed by atoms with Gasteiger partial charge in [-0.25, -0.2) is 0 Å². The molecule has 0 aliphatic carbocycles. The van der Waals surface area contributed by atoms with Crippen LogP contribution in [0.1, 0.15) is 25.5 Å². The first-order valence-electron chi connectivity index (χ1n) is 6.29. The molecular formula is C16H19NO2. The normalized spacial score (nSPS) is 13.3. The van der Waals surface area contributed by atoms with Crippen molar-refractivity contribution in [1.82, 2.24) is 0 Å². The molecule has 1 atom stereocenters. The summed E-state index contributed by atoms with van der Waals surface area (Å²) in [5.41, 5.74) is 6.43. The topological polar surface area (TPSA) is 52.3 Å². The fourth-order valence-electron chi connectivity index (χ4n) is 2.21. The van der Waals surface area contributed by atoms with Crippen LogP contribution in [0, 0.1) is 5.41 Å². The van der Waals surface area contributed by atoms with E-state index in [2.05, 4.69) is 6.07 Å². The van der Waals surface area contributed by atoms with E-state index in [4.69, 9.17) is 10.5 Å². The molecule has 2 rings (SSSR count). The first-order valence-corrected chi connectivity index (χ1v) is 6.29. The van der Waals surface area contributed by atoms with Crippen molar-refractivity contribution in [2.45, 2.75) is 19.9 Å². The van der Waals surface area contributed by atoms with Gasteiger partial charge in [0, 0.05) is 6.04 Å². The molecule has 0 aromatic heterocycles. The van der Waals surface area contributed by atoms with Gasteiger partial charge in [0.2, 0.25) is 0 Å². The lowest BCUT2D eigenvalue weighted by atomic mass is 9.80. The second-order valence-corrected chi connectivity index (χ2v) is 5.30. The number of hydrogen-bond donors (Lipinski definition) is 1. The Balaban J connectivity index is 2.41. The van der Waals surface area contributed by atoms with Crippen LogP contribution in [-0.2, 0) is 9.53 Å². The van der Waals surface area contributed by atoms with Crippen LogP contribution < -0.4 is 5.73 Å². The molecule has 0 aliphatic rings. The van der Waals surface area contributed by atoms with Crippen molar-refractivity contribution in [3.63, 3.8) is 0 Å². The zero-order valence-electron chi connectivity index (χ0n) is 11.5. The van der Waals surface area contributed by atoms with Gasteiger partial charge >= 0.3 is 5.97 Å². The Kier molecular flexibility index (Phi) is 3.58. The van der Waals surface area contributed by atoms with Gasteiger partial charge in [-0.05, 0) is 36.2 Å². The Morgan fingerprint density at radius 3 is 2.42 bits per heavy atom. The fraction of sp³-hybridized carbons (Fsp3) is 0.312. The number of rotatable bonds is 3. The third kappa shape index (κ3) is 2.47. The second kappa shape index (κ2) is 5.02. The second-order valence-electron chi connectivity index (χ2n) is 5.30. The molecule has 3 heteroatoms. The summed E-state index contributed by atoms with van der Waals surface area (Å²) in [5.74, 6) is -0.298. The van der Waals surface area contributed by atoms with E-state index in [1.54, 1.807) is 13.8 Å². The van der Waals surface area contributed by atoms with Gasteiger partial charge in [-0.3, -0.25) is 4.79 Å². The average molecular weight is 257 g/mol. The summed E-state index contributed by atoms with van der Waals surface area (Å²) < 4.78 is 4.83. The Bertz CT molecular complexity index is 604. The van der Waals surface area contributed by atoms with Crippen LogP contribution in [0.25, 0.3) is 10.8 Å². The molecule has 0 saturated carbocycles. The lowest BCUT2D eigenvalue weighted by Gasteiger charge is -2.29. The third-order valence-electron chi connectivity index (χ3n) is 3.62. The zero-order valence-corrected chi connectivity index (χ0v) is 11.5. The molecule has 0 aliphatic heterocycles. The van der Waals surface area contributed by atoms with Crippen molar-refractivity contribution in [2.75, 3.05) is 7.11 Å². The molecule has 0 bridgehead atoms. The number of benzene rings is 2. The van der Waals surface area contributed by atoms with Crippen LogP contribution >= 0.6 is 0 Å². The smallest absolute Gasteiger partial charge is 0.313 e. The standard InChI is InChI=1S/C16H19NO2/c1-16(2,15(18)19-3)14(17)13-9-8-11-6-4-5-7-12(11)10-13/h4-10,14H,17H2,1-3H3/t14-/m1/s1. The molecule has 2 aromatic carbocycles. The van der Waals surface area contributed by atoms with Crippen molar-refractivity contribution in [2.24, 2.45) is 11.1 Å². The van der Waals surface area contributed by atoms with Crippen molar-refractivity contribution < 1.29 is 9.53 Å². The first kappa shape index (κ1) is 13.6. The molecule has 3 nitrogen and oxygen atoms in total. The Hall–Kier alpha value is -1.87. The number of methoxy groups -OCH3 is 1. The number of carbonyl (C=O) groups is 1. The van der Waals surface area contributed by atoms with E-state index in [9.17, 15) is 4.79 Å². The van der Waals surface area contributed by atoms with Gasteiger partial charge in [-0.15, -0.1) is 0 Å². The highest BCUT2D eigenvalue weighted by atomic mass is 16.5. The van der Waals surface area contributed by atoms with E-state index in [0.29, 0.717) is 0 Å². The number of esters is 1. The maximum atomic E-state index is 11.8. The van der Waals surface area contributed by atoms with Crippen molar-refractivity contribution in [1.29, 1.82) is 0 Å². The lowest BCUT2D eigenvalue weighted by Crippen LogP contribution is -2.37. The molecule has 0 spiro atoms. The lowest BCUT2D eigenvalue weighted by molar-refractivity contribution is -0.152. The molecule has 0 unspecified atom stereocenters. The van der Waals surface area contributed by atoms with Crippen LogP contribution in [0.2, 0.25) is 0 Å². The largest absolute Gasteiger partial charge is 0.469 e. The summed E-state index contributed by atoms with van der Waals surface area (Å²) in [6.07, 6.45) is 0. The minimum Gasteiger partial charge on any atom is -0.469 e. The van der Waals surface area contributed by atoms with Gasteiger partial charge in [0.15, 0.2) is 0 Å². The molecule has 100 valence electrons. The van der Waals surface area contributed by atoms with Crippen LogP contribution in [0.15, 0.2) is 42.5 Å². The maximum absolute atomic E-state index is 11.8. The number of nitrogens with two attached hydrogens (primary N) is 1. The highest BCUT2D eigenvalue weighted by molar-refractivity contribution is 5.83. The van der Waals surface area contributed by atoms with Crippen molar-refractivity contribution >= 4 is 16.7 Å². The Morgan fingerprint density at radius 2 is 1.79 bits per heavy atom. The first-order chi connectivity index (χ1) is 8.96. The van der Waals surface area contributed by atoms with Crippen molar-refractivity contribution in [3.8, 4) is 0 Å². The van der Waals surface area contributed by atoms with E-state index in [1.807, 2.05) is 36.4 Å². The number of carbonyl (C=O) groups excluding carboxylic acids is 1. The van der Waals surface area contributed by atoms with Gasteiger partial charge in [-0.2, -0.15) is 0 Å². The summed E-state index contributed by atoms with van der Waals surface area (Å²) in [5, 5.41) is 2.28. The van der Waals surface area contributed by atoms with Crippen molar-refractivity contribution in [3.05, 3.63) is 48.0 Å². The number of hydrogen-bond acceptors (Lipinski definition) is 3. The summed E-state index contributed by atoms with van der Waals surface area (Å²) in [7, 11) is 1.39. The summed E-state index contributed by atoms with van der Waals surface area (Å²) in [6.45, 7) is 3.61. The van der Waals surface area contributed by atoms with Crippen LogP contribution in [0.5, 0.6) is 0 Å². The Morgan fingerprint density at radius 1 is 1.16 bits per heavy atom. The van der Waals surface area contributed by atoms with Gasteiger partial charge < -0.3 is 10.5 Å². The molecule has 0 amide bonds. The molecule has 0 heterocycles. The van der Waals surface area contributed by atoms with Gasteiger partial charge in [0.05, 0.1) is 12.5 Å².